The zero-order valence-corrected chi connectivity index (χ0v) is 22.6. The SMILES string of the molecule is OCC1O[C@@H](OC2=Cc3c(cc(O)cc3O[C@@H]3OC(CO)[C@@H](O)[C@H](O)C3O)OC2c2cc(O)c(O)c(O)c2)C(O)C(O)[C@@H]1O. The number of phenolic OH excluding ortho intramolecular Hbond substituents is 4. The van der Waals surface area contributed by atoms with Gasteiger partial charge in [0.05, 0.1) is 18.8 Å². The second-order valence-electron chi connectivity index (χ2n) is 10.4. The molecule has 0 aromatic heterocycles. The van der Waals surface area contributed by atoms with Crippen molar-refractivity contribution in [3.63, 3.8) is 0 Å². The normalized spacial score (nSPS) is 35.3. The first-order chi connectivity index (χ1) is 20.8. The lowest BCUT2D eigenvalue weighted by Gasteiger charge is -2.41. The van der Waals surface area contributed by atoms with Gasteiger partial charge in [-0.2, -0.15) is 0 Å². The predicted octanol–water partition coefficient (Wildman–Crippen LogP) is -3.02. The van der Waals surface area contributed by atoms with Crippen LogP contribution in [0.15, 0.2) is 30.0 Å². The van der Waals surface area contributed by atoms with Crippen LogP contribution >= 0.6 is 0 Å². The lowest BCUT2D eigenvalue weighted by atomic mass is 9.98. The van der Waals surface area contributed by atoms with Gasteiger partial charge in [0.1, 0.15) is 71.8 Å². The van der Waals surface area contributed by atoms with E-state index < -0.39 is 104 Å². The average Bonchev–Trinajstić information content (AvgIpc) is 2.99. The molecule has 0 spiro atoms. The molecule has 3 aliphatic rings. The van der Waals surface area contributed by atoms with Gasteiger partial charge in [0, 0.05) is 17.7 Å². The standard InChI is InChI=1S/C27H32O17/c28-6-16-19(34)21(36)23(38)26(43-16)41-14-4-9(30)3-13-10(14)5-15(25(40-13)8-1-11(31)18(33)12(32)2-8)42-27-24(39)22(37)20(35)17(7-29)44-27/h1-5,16-17,19-39H,6-7H2/t16?,17?,19-,20-,21+,22?,23?,24?,25?,26-,27-/m1/s1. The maximum atomic E-state index is 10.6. The Kier molecular flexibility index (Phi) is 8.96. The number of hydrogen-bond acceptors (Lipinski definition) is 17. The van der Waals surface area contributed by atoms with E-state index in [4.69, 9.17) is 23.7 Å². The van der Waals surface area contributed by atoms with Gasteiger partial charge in [-0.3, -0.25) is 0 Å². The van der Waals surface area contributed by atoms with Crippen LogP contribution in [0.3, 0.4) is 0 Å². The highest BCUT2D eigenvalue weighted by atomic mass is 16.7. The van der Waals surface area contributed by atoms with Crippen molar-refractivity contribution < 1.29 is 85.0 Å². The first kappa shape index (κ1) is 31.8. The average molecular weight is 629 g/mol. The number of hydrogen-bond donors (Lipinski definition) is 12. The lowest BCUT2D eigenvalue weighted by molar-refractivity contribution is -0.293. The topological polar surface area (TPSA) is 289 Å². The summed E-state index contributed by atoms with van der Waals surface area (Å²) in [5, 5.41) is 121. The van der Waals surface area contributed by atoms with E-state index in [-0.39, 0.29) is 28.4 Å². The van der Waals surface area contributed by atoms with E-state index in [1.165, 1.54) is 6.08 Å². The molecule has 44 heavy (non-hydrogen) atoms. The number of fused-ring (bicyclic) bond motifs is 1. The summed E-state index contributed by atoms with van der Waals surface area (Å²) < 4.78 is 28.4. The van der Waals surface area contributed by atoms with E-state index in [1.54, 1.807) is 0 Å². The van der Waals surface area contributed by atoms with E-state index >= 15 is 0 Å². The van der Waals surface area contributed by atoms with Crippen LogP contribution in [0.25, 0.3) is 6.08 Å². The Morgan fingerprint density at radius 3 is 1.68 bits per heavy atom. The van der Waals surface area contributed by atoms with E-state index in [0.29, 0.717) is 0 Å². The molecule has 0 saturated carbocycles. The van der Waals surface area contributed by atoms with Gasteiger partial charge in [0.15, 0.2) is 23.4 Å². The summed E-state index contributed by atoms with van der Waals surface area (Å²) >= 11 is 0. The molecule has 2 aromatic carbocycles. The third kappa shape index (κ3) is 5.77. The van der Waals surface area contributed by atoms with Crippen LogP contribution in [0, 0.1) is 0 Å². The summed E-state index contributed by atoms with van der Waals surface area (Å²) in [7, 11) is 0. The molecule has 17 heteroatoms. The van der Waals surface area contributed by atoms with Crippen molar-refractivity contribution in [2.75, 3.05) is 13.2 Å². The van der Waals surface area contributed by atoms with Crippen LogP contribution in [0.4, 0.5) is 0 Å². The molecule has 11 atom stereocenters. The fourth-order valence-corrected chi connectivity index (χ4v) is 5.02. The van der Waals surface area contributed by atoms with E-state index in [2.05, 4.69) is 0 Å². The Balaban J connectivity index is 1.56. The summed E-state index contributed by atoms with van der Waals surface area (Å²) in [6.45, 7) is -1.50. The molecule has 2 saturated heterocycles. The van der Waals surface area contributed by atoms with Crippen LogP contribution < -0.4 is 9.47 Å². The predicted molar refractivity (Wildman–Crippen MR) is 140 cm³/mol. The molecule has 2 aromatic rings. The summed E-state index contributed by atoms with van der Waals surface area (Å²) in [6, 6.07) is 4.25. The summed E-state index contributed by atoms with van der Waals surface area (Å²) in [5.41, 5.74) is -0.0261. The Hall–Kier alpha value is -3.62. The highest BCUT2D eigenvalue weighted by Gasteiger charge is 2.47. The van der Waals surface area contributed by atoms with Crippen molar-refractivity contribution in [2.45, 2.75) is 67.5 Å². The van der Waals surface area contributed by atoms with Crippen LogP contribution in [0.2, 0.25) is 0 Å². The third-order valence-electron chi connectivity index (χ3n) is 7.47. The maximum absolute atomic E-state index is 10.6. The Labute approximate surface area is 247 Å². The maximum Gasteiger partial charge on any atom is 0.229 e. The summed E-state index contributed by atoms with van der Waals surface area (Å²) in [5.74, 6) is -3.36. The smallest absolute Gasteiger partial charge is 0.229 e. The monoisotopic (exact) mass is 628 g/mol. The van der Waals surface area contributed by atoms with E-state index in [0.717, 1.165) is 24.3 Å². The molecule has 0 aliphatic carbocycles. The molecular formula is C27H32O17. The van der Waals surface area contributed by atoms with Gasteiger partial charge in [-0.05, 0) is 18.2 Å². The Morgan fingerprint density at radius 2 is 1.16 bits per heavy atom. The van der Waals surface area contributed by atoms with Crippen LogP contribution in [0.1, 0.15) is 17.2 Å². The van der Waals surface area contributed by atoms with Gasteiger partial charge in [-0.1, -0.05) is 0 Å². The minimum atomic E-state index is -1.86. The minimum Gasteiger partial charge on any atom is -0.508 e. The van der Waals surface area contributed by atoms with Gasteiger partial charge in [0.2, 0.25) is 12.6 Å². The molecule has 2 fully saturated rings. The zero-order chi connectivity index (χ0) is 32.0. The van der Waals surface area contributed by atoms with Crippen molar-refractivity contribution >= 4 is 6.08 Å². The quantitative estimate of drug-likeness (QED) is 0.136. The van der Waals surface area contributed by atoms with Gasteiger partial charge in [-0.25, -0.2) is 0 Å². The van der Waals surface area contributed by atoms with Gasteiger partial charge in [-0.15, -0.1) is 0 Å². The highest BCUT2D eigenvalue weighted by Crippen LogP contribution is 2.47. The van der Waals surface area contributed by atoms with Crippen LogP contribution in [-0.2, 0) is 14.2 Å². The molecule has 6 unspecified atom stereocenters. The van der Waals surface area contributed by atoms with Crippen molar-refractivity contribution in [1.82, 2.24) is 0 Å². The van der Waals surface area contributed by atoms with Crippen LogP contribution in [-0.4, -0.2) is 136 Å². The molecule has 3 aliphatic heterocycles. The number of ether oxygens (including phenoxy) is 5. The molecule has 242 valence electrons. The van der Waals surface area contributed by atoms with Crippen molar-refractivity contribution in [1.29, 1.82) is 0 Å². The number of aromatic hydroxyl groups is 4. The van der Waals surface area contributed by atoms with Crippen LogP contribution in [0.5, 0.6) is 34.5 Å². The highest BCUT2D eigenvalue weighted by molar-refractivity contribution is 5.70. The third-order valence-corrected chi connectivity index (χ3v) is 7.47. The lowest BCUT2D eigenvalue weighted by Crippen LogP contribution is -2.60. The van der Waals surface area contributed by atoms with Crippen molar-refractivity contribution in [3.8, 4) is 34.5 Å². The number of aliphatic hydroxyl groups excluding tert-OH is 8. The van der Waals surface area contributed by atoms with E-state index in [9.17, 15) is 61.3 Å². The van der Waals surface area contributed by atoms with Crippen molar-refractivity contribution in [2.24, 2.45) is 0 Å². The molecule has 12 N–H and O–H groups in total. The molecule has 3 heterocycles. The second kappa shape index (κ2) is 12.4. The van der Waals surface area contributed by atoms with Gasteiger partial charge in [0.25, 0.3) is 0 Å². The Bertz CT molecular complexity index is 1360. The summed E-state index contributed by atoms with van der Waals surface area (Å²) in [6.07, 6.45) is -16.9. The first-order valence-corrected chi connectivity index (χ1v) is 13.3. The minimum absolute atomic E-state index is 0.00261. The van der Waals surface area contributed by atoms with E-state index in [1.807, 2.05) is 0 Å². The van der Waals surface area contributed by atoms with Crippen molar-refractivity contribution in [3.05, 3.63) is 41.2 Å². The Morgan fingerprint density at radius 1 is 0.636 bits per heavy atom. The molecule has 17 nitrogen and oxygen atoms in total. The molecule has 0 radical (unpaired) electrons. The number of phenols is 4. The number of aliphatic hydroxyl groups is 8. The largest absolute Gasteiger partial charge is 0.508 e. The van der Waals surface area contributed by atoms with Gasteiger partial charge >= 0.3 is 0 Å². The summed E-state index contributed by atoms with van der Waals surface area (Å²) in [4.78, 5) is 0. The first-order valence-electron chi connectivity index (χ1n) is 13.3. The molecule has 0 bridgehead atoms. The fraction of sp³-hybridized carbons (Fsp3) is 0.481. The zero-order valence-electron chi connectivity index (χ0n) is 22.6. The molecule has 5 rings (SSSR count). The van der Waals surface area contributed by atoms with Gasteiger partial charge < -0.3 is 85.0 Å². The molecular weight excluding hydrogens is 596 g/mol. The number of rotatable bonds is 7. The number of benzene rings is 2. The second-order valence-corrected chi connectivity index (χ2v) is 10.4. The molecule has 0 amide bonds. The fourth-order valence-electron chi connectivity index (χ4n) is 5.02.